The van der Waals surface area contributed by atoms with E-state index in [4.69, 9.17) is 0 Å². The number of hydrogen-bond donors (Lipinski definition) is 0. The largest absolute Gasteiger partial charge is 0.340 e. The Morgan fingerprint density at radius 1 is 0.933 bits per heavy atom. The lowest BCUT2D eigenvalue weighted by Gasteiger charge is -2.54. The number of hydrogen-bond acceptors (Lipinski definition) is 5. The van der Waals surface area contributed by atoms with Gasteiger partial charge in [-0.15, -0.1) is 0 Å². The first-order chi connectivity index (χ1) is 14.3. The van der Waals surface area contributed by atoms with E-state index in [-0.39, 0.29) is 29.8 Å². The fourth-order valence-corrected chi connectivity index (χ4v) is 8.23. The SMILES string of the molecule is O=C(C1C2CC3CC(C2)CC1C3)N1CCN(S(=O)(=O)c2ccccc2[N+](=O)[O-])CC1. The zero-order chi connectivity index (χ0) is 21.0. The number of piperazine rings is 1. The van der Waals surface area contributed by atoms with Gasteiger partial charge in [-0.3, -0.25) is 14.9 Å². The average Bonchev–Trinajstić information content (AvgIpc) is 2.73. The van der Waals surface area contributed by atoms with Gasteiger partial charge in [0.1, 0.15) is 0 Å². The molecule has 1 aromatic carbocycles. The van der Waals surface area contributed by atoms with Crippen LogP contribution in [0.15, 0.2) is 29.2 Å². The maximum absolute atomic E-state index is 13.3. The molecule has 162 valence electrons. The van der Waals surface area contributed by atoms with Crippen molar-refractivity contribution < 1.29 is 18.1 Å². The monoisotopic (exact) mass is 433 g/mol. The van der Waals surface area contributed by atoms with Crippen molar-refractivity contribution in [1.82, 2.24) is 9.21 Å². The van der Waals surface area contributed by atoms with E-state index < -0.39 is 20.6 Å². The normalized spacial score (nSPS) is 33.6. The second kappa shape index (κ2) is 7.30. The molecule has 6 rings (SSSR count). The van der Waals surface area contributed by atoms with Crippen LogP contribution in [0.25, 0.3) is 0 Å². The van der Waals surface area contributed by atoms with Gasteiger partial charge in [-0.05, 0) is 61.8 Å². The van der Waals surface area contributed by atoms with Gasteiger partial charge in [0, 0.05) is 38.2 Å². The van der Waals surface area contributed by atoms with E-state index in [0.717, 1.165) is 11.8 Å². The number of nitro benzene ring substituents is 1. The van der Waals surface area contributed by atoms with Crippen molar-refractivity contribution in [3.63, 3.8) is 0 Å². The maximum atomic E-state index is 13.3. The minimum atomic E-state index is -3.97. The molecule has 1 heterocycles. The van der Waals surface area contributed by atoms with Crippen molar-refractivity contribution in [1.29, 1.82) is 0 Å². The summed E-state index contributed by atoms with van der Waals surface area (Å²) in [4.78, 5) is 25.5. The van der Waals surface area contributed by atoms with Crippen LogP contribution in [0.2, 0.25) is 0 Å². The molecule has 4 bridgehead atoms. The van der Waals surface area contributed by atoms with Crippen LogP contribution in [0.5, 0.6) is 0 Å². The minimum Gasteiger partial charge on any atom is -0.340 e. The molecule has 9 heteroatoms. The van der Waals surface area contributed by atoms with Gasteiger partial charge in [0.2, 0.25) is 15.9 Å². The van der Waals surface area contributed by atoms with Gasteiger partial charge in [0.15, 0.2) is 4.90 Å². The lowest BCUT2D eigenvalue weighted by atomic mass is 9.51. The Kier molecular flexibility index (Phi) is 4.85. The van der Waals surface area contributed by atoms with Crippen LogP contribution in [0, 0.1) is 39.7 Å². The number of rotatable bonds is 4. The van der Waals surface area contributed by atoms with Gasteiger partial charge in [0.05, 0.1) is 4.92 Å². The fourth-order valence-electron chi connectivity index (χ4n) is 6.65. The lowest BCUT2D eigenvalue weighted by molar-refractivity contribution is -0.387. The Hall–Kier alpha value is -2.00. The second-order valence-corrected chi connectivity index (χ2v) is 11.3. The molecule has 0 aromatic heterocycles. The van der Waals surface area contributed by atoms with Crippen LogP contribution >= 0.6 is 0 Å². The summed E-state index contributed by atoms with van der Waals surface area (Å²) in [5.74, 6) is 2.92. The molecule has 8 nitrogen and oxygen atoms in total. The van der Waals surface area contributed by atoms with Crippen LogP contribution in [-0.2, 0) is 14.8 Å². The highest BCUT2D eigenvalue weighted by atomic mass is 32.2. The smallest absolute Gasteiger partial charge is 0.289 e. The van der Waals surface area contributed by atoms with Crippen molar-refractivity contribution in [3.05, 3.63) is 34.4 Å². The molecule has 0 atom stereocenters. The summed E-state index contributed by atoms with van der Waals surface area (Å²) in [6.45, 7) is 1.05. The van der Waals surface area contributed by atoms with Crippen molar-refractivity contribution in [2.75, 3.05) is 26.2 Å². The summed E-state index contributed by atoms with van der Waals surface area (Å²) < 4.78 is 27.3. The second-order valence-electron chi connectivity index (χ2n) is 9.41. The molecule has 1 aromatic rings. The highest BCUT2D eigenvalue weighted by molar-refractivity contribution is 7.89. The van der Waals surface area contributed by atoms with E-state index in [1.807, 2.05) is 4.90 Å². The van der Waals surface area contributed by atoms with Gasteiger partial charge in [-0.1, -0.05) is 12.1 Å². The van der Waals surface area contributed by atoms with Crippen molar-refractivity contribution >= 4 is 21.6 Å². The van der Waals surface area contributed by atoms with E-state index in [1.54, 1.807) is 0 Å². The highest BCUT2D eigenvalue weighted by Crippen LogP contribution is 2.56. The molecule has 0 spiro atoms. The van der Waals surface area contributed by atoms with Crippen LogP contribution in [0.1, 0.15) is 32.1 Å². The maximum Gasteiger partial charge on any atom is 0.289 e. The van der Waals surface area contributed by atoms with Crippen LogP contribution in [-0.4, -0.2) is 54.6 Å². The van der Waals surface area contributed by atoms with Gasteiger partial charge in [0.25, 0.3) is 5.69 Å². The summed E-state index contributed by atoms with van der Waals surface area (Å²) in [6.07, 6.45) is 6.05. The van der Waals surface area contributed by atoms with E-state index in [1.165, 1.54) is 60.7 Å². The molecule has 4 saturated carbocycles. The zero-order valence-electron chi connectivity index (χ0n) is 16.9. The van der Waals surface area contributed by atoms with Crippen LogP contribution in [0.3, 0.4) is 0 Å². The van der Waals surface area contributed by atoms with Crippen molar-refractivity contribution in [2.24, 2.45) is 29.6 Å². The Labute approximate surface area is 176 Å². The molecule has 1 aliphatic heterocycles. The van der Waals surface area contributed by atoms with Crippen molar-refractivity contribution in [3.8, 4) is 0 Å². The number of benzene rings is 1. The van der Waals surface area contributed by atoms with Gasteiger partial charge >= 0.3 is 0 Å². The van der Waals surface area contributed by atoms with E-state index in [0.29, 0.717) is 24.9 Å². The fraction of sp³-hybridized carbons (Fsp3) is 0.667. The van der Waals surface area contributed by atoms with Crippen molar-refractivity contribution in [2.45, 2.75) is 37.0 Å². The predicted molar refractivity (Wildman–Crippen MR) is 109 cm³/mol. The first-order valence-corrected chi connectivity index (χ1v) is 12.3. The third kappa shape index (κ3) is 3.22. The third-order valence-electron chi connectivity index (χ3n) is 7.74. The molecule has 1 saturated heterocycles. The molecule has 0 radical (unpaired) electrons. The highest BCUT2D eigenvalue weighted by Gasteiger charge is 2.51. The zero-order valence-corrected chi connectivity index (χ0v) is 17.7. The van der Waals surface area contributed by atoms with Crippen LogP contribution < -0.4 is 0 Å². The molecule has 0 unspecified atom stereocenters. The number of sulfonamides is 1. The average molecular weight is 434 g/mol. The molecule has 0 N–H and O–H groups in total. The number of carbonyl (C=O) groups is 1. The number of para-hydroxylation sites is 1. The topological polar surface area (TPSA) is 101 Å². The molecule has 1 amide bonds. The molecule has 5 fully saturated rings. The Morgan fingerprint density at radius 3 is 2.07 bits per heavy atom. The quantitative estimate of drug-likeness (QED) is 0.536. The number of amides is 1. The third-order valence-corrected chi connectivity index (χ3v) is 9.69. The summed E-state index contributed by atoms with van der Waals surface area (Å²) in [7, 11) is -3.97. The molecule has 5 aliphatic rings. The van der Waals surface area contributed by atoms with Gasteiger partial charge in [-0.25, -0.2) is 8.42 Å². The van der Waals surface area contributed by atoms with Gasteiger partial charge < -0.3 is 4.90 Å². The lowest BCUT2D eigenvalue weighted by Crippen LogP contribution is -2.56. The van der Waals surface area contributed by atoms with E-state index in [9.17, 15) is 23.3 Å². The Bertz CT molecular complexity index is 943. The summed E-state index contributed by atoms with van der Waals surface area (Å²) in [5, 5.41) is 11.3. The Morgan fingerprint density at radius 2 is 1.50 bits per heavy atom. The number of carbonyl (C=O) groups excluding carboxylic acids is 1. The summed E-state index contributed by atoms with van der Waals surface area (Å²) in [5.41, 5.74) is -0.412. The molecular weight excluding hydrogens is 406 g/mol. The van der Waals surface area contributed by atoms with Gasteiger partial charge in [-0.2, -0.15) is 4.31 Å². The first kappa shape index (κ1) is 19.9. The predicted octanol–water partition coefficient (Wildman–Crippen LogP) is 2.50. The molecular formula is C21H27N3O5S. The Balaban J connectivity index is 1.28. The summed E-state index contributed by atoms with van der Waals surface area (Å²) in [6, 6.07) is 5.43. The van der Waals surface area contributed by atoms with E-state index >= 15 is 0 Å². The number of nitrogens with zero attached hydrogens (tertiary/aromatic N) is 3. The standard InChI is InChI=1S/C21H27N3O5S/c25-21(20-16-10-14-9-15(12-16)13-17(20)11-14)22-5-7-23(8-6-22)30(28,29)19-4-2-1-3-18(19)24(26)27/h1-4,14-17,20H,5-13H2. The molecule has 4 aliphatic carbocycles. The number of nitro groups is 1. The minimum absolute atomic E-state index is 0.108. The van der Waals surface area contributed by atoms with Crippen LogP contribution in [0.4, 0.5) is 5.69 Å². The first-order valence-electron chi connectivity index (χ1n) is 10.9. The molecule has 30 heavy (non-hydrogen) atoms. The summed E-state index contributed by atoms with van der Waals surface area (Å²) >= 11 is 0. The van der Waals surface area contributed by atoms with E-state index in [2.05, 4.69) is 0 Å².